The van der Waals surface area contributed by atoms with Crippen LogP contribution in [-0.4, -0.2) is 16.6 Å². The molecule has 0 saturated heterocycles. The Hall–Kier alpha value is -2.34. The van der Waals surface area contributed by atoms with Crippen LogP contribution in [0.25, 0.3) is 0 Å². The fourth-order valence-electron chi connectivity index (χ4n) is 1.89. The minimum Gasteiger partial charge on any atom is -0.325 e. The normalized spacial score (nSPS) is 10.2. The van der Waals surface area contributed by atoms with Gasteiger partial charge in [-0.3, -0.25) is 14.9 Å². The summed E-state index contributed by atoms with van der Waals surface area (Å²) >= 11 is 1.54. The lowest BCUT2D eigenvalue weighted by molar-refractivity contribution is -0.384. The monoisotopic (exact) mass is 316 g/mol. The van der Waals surface area contributed by atoms with Crippen molar-refractivity contribution in [1.29, 1.82) is 0 Å². The Morgan fingerprint density at radius 2 is 1.86 bits per heavy atom. The van der Waals surface area contributed by atoms with Crippen molar-refractivity contribution in [2.24, 2.45) is 0 Å². The summed E-state index contributed by atoms with van der Waals surface area (Å²) in [6.45, 7) is 2.05. The lowest BCUT2D eigenvalue weighted by Gasteiger charge is -2.06. The summed E-state index contributed by atoms with van der Waals surface area (Å²) in [7, 11) is 0. The number of nitrogens with one attached hydrogen (secondary N) is 1. The van der Waals surface area contributed by atoms with Crippen molar-refractivity contribution in [1.82, 2.24) is 0 Å². The maximum absolute atomic E-state index is 11.8. The molecular formula is C16H16N2O3S. The fourth-order valence-corrected chi connectivity index (χ4v) is 2.79. The molecule has 0 aromatic heterocycles. The van der Waals surface area contributed by atoms with Crippen molar-refractivity contribution in [3.8, 4) is 0 Å². The molecule has 0 aliphatic heterocycles. The number of carbonyl (C=O) groups excluding carboxylic acids is 1. The van der Waals surface area contributed by atoms with E-state index in [0.29, 0.717) is 11.4 Å². The molecule has 1 amide bonds. The van der Waals surface area contributed by atoms with E-state index in [0.717, 1.165) is 5.75 Å². The molecule has 0 fully saturated rings. The first kappa shape index (κ1) is 16.0. The number of nitrogens with zero attached hydrogens (tertiary/aromatic N) is 1. The van der Waals surface area contributed by atoms with Crippen molar-refractivity contribution < 1.29 is 9.72 Å². The topological polar surface area (TPSA) is 72.2 Å². The van der Waals surface area contributed by atoms with E-state index in [2.05, 4.69) is 11.4 Å². The van der Waals surface area contributed by atoms with Crippen LogP contribution in [-0.2, 0) is 10.5 Å². The molecule has 114 valence electrons. The van der Waals surface area contributed by atoms with Gasteiger partial charge >= 0.3 is 0 Å². The van der Waals surface area contributed by atoms with Gasteiger partial charge in [-0.25, -0.2) is 0 Å². The number of aryl methyl sites for hydroxylation is 1. The van der Waals surface area contributed by atoms with E-state index in [-0.39, 0.29) is 11.6 Å². The predicted octanol–water partition coefficient (Wildman–Crippen LogP) is 3.78. The summed E-state index contributed by atoms with van der Waals surface area (Å²) in [5.41, 5.74) is 3.00. The van der Waals surface area contributed by atoms with Gasteiger partial charge in [-0.05, 0) is 30.2 Å². The van der Waals surface area contributed by atoms with E-state index in [4.69, 9.17) is 0 Å². The molecular weight excluding hydrogens is 300 g/mol. The van der Waals surface area contributed by atoms with Crippen LogP contribution in [0.1, 0.15) is 11.1 Å². The molecule has 1 N–H and O–H groups in total. The van der Waals surface area contributed by atoms with Gasteiger partial charge in [-0.1, -0.05) is 24.3 Å². The van der Waals surface area contributed by atoms with Crippen LogP contribution in [0.15, 0.2) is 48.5 Å². The van der Waals surface area contributed by atoms with Crippen molar-refractivity contribution in [2.45, 2.75) is 12.7 Å². The second-order valence-corrected chi connectivity index (χ2v) is 5.76. The highest BCUT2D eigenvalue weighted by atomic mass is 32.2. The third kappa shape index (κ3) is 4.60. The number of benzene rings is 2. The van der Waals surface area contributed by atoms with Crippen LogP contribution < -0.4 is 5.32 Å². The third-order valence-corrected chi connectivity index (χ3v) is 4.10. The van der Waals surface area contributed by atoms with Crippen LogP contribution in [0.3, 0.4) is 0 Å². The van der Waals surface area contributed by atoms with E-state index < -0.39 is 4.92 Å². The zero-order chi connectivity index (χ0) is 15.9. The minimum absolute atomic E-state index is 0.00641. The van der Waals surface area contributed by atoms with Gasteiger partial charge in [0.25, 0.3) is 5.69 Å². The van der Waals surface area contributed by atoms with Crippen LogP contribution >= 0.6 is 11.8 Å². The van der Waals surface area contributed by atoms with Gasteiger partial charge < -0.3 is 5.32 Å². The number of hydrogen-bond acceptors (Lipinski definition) is 4. The number of rotatable bonds is 6. The lowest BCUT2D eigenvalue weighted by atomic mass is 10.1. The third-order valence-electron chi connectivity index (χ3n) is 3.11. The van der Waals surface area contributed by atoms with Crippen molar-refractivity contribution in [2.75, 3.05) is 11.1 Å². The summed E-state index contributed by atoms with van der Waals surface area (Å²) < 4.78 is 0. The summed E-state index contributed by atoms with van der Waals surface area (Å²) in [5, 5.41) is 13.3. The molecule has 0 spiro atoms. The zero-order valence-corrected chi connectivity index (χ0v) is 12.9. The van der Waals surface area contributed by atoms with Gasteiger partial charge in [0.1, 0.15) is 0 Å². The maximum Gasteiger partial charge on any atom is 0.269 e. The Labute approximate surface area is 132 Å². The van der Waals surface area contributed by atoms with Gasteiger partial charge in [-0.15, -0.1) is 11.8 Å². The highest BCUT2D eigenvalue weighted by Gasteiger charge is 2.07. The molecule has 2 aromatic carbocycles. The van der Waals surface area contributed by atoms with E-state index >= 15 is 0 Å². The number of anilines is 1. The quantitative estimate of drug-likeness (QED) is 0.650. The highest BCUT2D eigenvalue weighted by Crippen LogP contribution is 2.18. The molecule has 0 saturated carbocycles. The Bertz CT molecular complexity index is 671. The average Bonchev–Trinajstić information content (AvgIpc) is 2.50. The molecule has 2 aromatic rings. The number of amides is 1. The second kappa shape index (κ2) is 7.61. The van der Waals surface area contributed by atoms with Crippen LogP contribution in [0, 0.1) is 17.0 Å². The maximum atomic E-state index is 11.8. The van der Waals surface area contributed by atoms with Gasteiger partial charge in [-0.2, -0.15) is 0 Å². The van der Waals surface area contributed by atoms with Crippen molar-refractivity contribution in [3.05, 3.63) is 69.8 Å². The molecule has 5 nitrogen and oxygen atoms in total. The second-order valence-electron chi connectivity index (χ2n) is 4.77. The van der Waals surface area contributed by atoms with Gasteiger partial charge in [0.05, 0.1) is 10.7 Å². The van der Waals surface area contributed by atoms with E-state index in [1.165, 1.54) is 47.2 Å². The molecule has 2 rings (SSSR count). The largest absolute Gasteiger partial charge is 0.325 e. The SMILES string of the molecule is Cc1ccccc1CSCC(=O)Nc1ccc([N+](=O)[O-])cc1. The molecule has 0 unspecified atom stereocenters. The van der Waals surface area contributed by atoms with E-state index in [1.807, 2.05) is 25.1 Å². The fraction of sp³-hybridized carbons (Fsp3) is 0.188. The summed E-state index contributed by atoms with van der Waals surface area (Å²) in [6.07, 6.45) is 0. The number of nitro benzene ring substituents is 1. The predicted molar refractivity (Wildman–Crippen MR) is 89.1 cm³/mol. The van der Waals surface area contributed by atoms with E-state index in [9.17, 15) is 14.9 Å². The summed E-state index contributed by atoms with van der Waals surface area (Å²) in [6, 6.07) is 13.9. The van der Waals surface area contributed by atoms with Crippen LogP contribution in [0.2, 0.25) is 0 Å². The van der Waals surface area contributed by atoms with E-state index in [1.54, 1.807) is 0 Å². The molecule has 0 radical (unpaired) electrons. The van der Waals surface area contributed by atoms with Gasteiger partial charge in [0.15, 0.2) is 0 Å². The first-order valence-corrected chi connectivity index (χ1v) is 7.88. The average molecular weight is 316 g/mol. The van der Waals surface area contributed by atoms with Crippen LogP contribution in [0.5, 0.6) is 0 Å². The molecule has 0 aliphatic carbocycles. The first-order valence-electron chi connectivity index (χ1n) is 6.73. The molecule has 0 aliphatic rings. The molecule has 0 bridgehead atoms. The Morgan fingerprint density at radius 3 is 2.50 bits per heavy atom. The summed E-state index contributed by atoms with van der Waals surface area (Å²) in [5.74, 6) is 0.999. The Morgan fingerprint density at radius 1 is 1.18 bits per heavy atom. The van der Waals surface area contributed by atoms with Crippen LogP contribution in [0.4, 0.5) is 11.4 Å². The summed E-state index contributed by atoms with van der Waals surface area (Å²) in [4.78, 5) is 21.9. The molecule has 22 heavy (non-hydrogen) atoms. The number of hydrogen-bond donors (Lipinski definition) is 1. The Balaban J connectivity index is 1.80. The number of nitro groups is 1. The zero-order valence-electron chi connectivity index (χ0n) is 12.1. The van der Waals surface area contributed by atoms with Gasteiger partial charge in [0.2, 0.25) is 5.91 Å². The van der Waals surface area contributed by atoms with Crippen molar-refractivity contribution in [3.63, 3.8) is 0 Å². The highest BCUT2D eigenvalue weighted by molar-refractivity contribution is 7.99. The number of non-ortho nitro benzene ring substituents is 1. The smallest absolute Gasteiger partial charge is 0.269 e. The number of thioether (sulfide) groups is 1. The minimum atomic E-state index is -0.469. The standard InChI is InChI=1S/C16H16N2O3S/c1-12-4-2-3-5-13(12)10-22-11-16(19)17-14-6-8-15(9-7-14)18(20)21/h2-9H,10-11H2,1H3,(H,17,19). The Kier molecular flexibility index (Phi) is 5.55. The van der Waals surface area contributed by atoms with Gasteiger partial charge in [0, 0.05) is 23.6 Å². The molecule has 0 atom stereocenters. The molecule has 0 heterocycles. The first-order chi connectivity index (χ1) is 10.6. The van der Waals surface area contributed by atoms with Crippen molar-refractivity contribution >= 4 is 29.0 Å². The lowest BCUT2D eigenvalue weighted by Crippen LogP contribution is -2.14. The molecule has 6 heteroatoms. The number of carbonyl (C=O) groups is 1.